The van der Waals surface area contributed by atoms with Gasteiger partial charge in [-0.1, -0.05) is 12.1 Å². The smallest absolute Gasteiger partial charge is 0.264 e. The number of sulfonamides is 1. The fourth-order valence-corrected chi connectivity index (χ4v) is 5.61. The third kappa shape index (κ3) is 5.28. The summed E-state index contributed by atoms with van der Waals surface area (Å²) in [6.07, 6.45) is 1.87. The maximum absolute atomic E-state index is 14.0. The Morgan fingerprint density at radius 2 is 1.78 bits per heavy atom. The fourth-order valence-electron chi connectivity index (χ4n) is 4.47. The lowest BCUT2D eigenvalue weighted by molar-refractivity contribution is 0.0824. The van der Waals surface area contributed by atoms with Crippen LogP contribution >= 0.6 is 0 Å². The number of nitrogens with zero attached hydrogens (tertiary/aromatic N) is 4. The molecule has 0 aliphatic carbocycles. The molecule has 37 heavy (non-hydrogen) atoms. The first-order chi connectivity index (χ1) is 17.7. The van der Waals surface area contributed by atoms with Gasteiger partial charge in [-0.3, -0.25) is 9.82 Å². The summed E-state index contributed by atoms with van der Waals surface area (Å²) in [5.41, 5.74) is 2.28. The zero-order chi connectivity index (χ0) is 26.2. The zero-order valence-electron chi connectivity index (χ0n) is 20.9. The summed E-state index contributed by atoms with van der Waals surface area (Å²) in [4.78, 5) is 11.3. The zero-order valence-corrected chi connectivity index (χ0v) is 21.7. The molecule has 2 aromatic heterocycles. The number of piperidine rings is 1. The summed E-state index contributed by atoms with van der Waals surface area (Å²) >= 11 is 0. The van der Waals surface area contributed by atoms with E-state index in [1.165, 1.54) is 18.2 Å². The SMILES string of the molecule is Cc1[nH]nc2nc(-c3ccc(NS(=O)(=O)c4ccccc4F)cc3)nc(OC3CCN(C(C)C)CC3)c12. The van der Waals surface area contributed by atoms with E-state index in [0.717, 1.165) is 43.1 Å². The van der Waals surface area contributed by atoms with Crippen LogP contribution < -0.4 is 9.46 Å². The Bertz CT molecular complexity index is 1510. The van der Waals surface area contributed by atoms with E-state index in [4.69, 9.17) is 9.72 Å². The molecule has 0 spiro atoms. The van der Waals surface area contributed by atoms with Crippen molar-refractivity contribution in [1.29, 1.82) is 0 Å². The van der Waals surface area contributed by atoms with Gasteiger partial charge in [0.05, 0.1) is 0 Å². The van der Waals surface area contributed by atoms with Crippen LogP contribution in [0.5, 0.6) is 5.88 Å². The van der Waals surface area contributed by atoms with Gasteiger partial charge in [0.25, 0.3) is 10.0 Å². The Hall–Kier alpha value is -3.57. The number of anilines is 1. The van der Waals surface area contributed by atoms with E-state index < -0.39 is 20.7 Å². The van der Waals surface area contributed by atoms with Gasteiger partial charge in [0, 0.05) is 36.1 Å². The van der Waals surface area contributed by atoms with Crippen LogP contribution in [0.1, 0.15) is 32.4 Å². The second-order valence-corrected chi connectivity index (χ2v) is 11.1. The van der Waals surface area contributed by atoms with Crippen LogP contribution in [0.2, 0.25) is 0 Å². The first kappa shape index (κ1) is 25.1. The molecule has 0 bridgehead atoms. The van der Waals surface area contributed by atoms with Gasteiger partial charge in [0.2, 0.25) is 5.88 Å². The number of nitrogens with one attached hydrogen (secondary N) is 2. The number of benzene rings is 2. The molecular weight excluding hydrogens is 495 g/mol. The molecule has 0 amide bonds. The Balaban J connectivity index is 1.39. The van der Waals surface area contributed by atoms with Crippen molar-refractivity contribution in [2.45, 2.75) is 50.7 Å². The van der Waals surface area contributed by atoms with Gasteiger partial charge < -0.3 is 9.64 Å². The van der Waals surface area contributed by atoms with Crippen molar-refractivity contribution >= 4 is 26.7 Å². The summed E-state index contributed by atoms with van der Waals surface area (Å²) < 4.78 is 48.0. The lowest BCUT2D eigenvalue weighted by Gasteiger charge is -2.34. The van der Waals surface area contributed by atoms with Gasteiger partial charge >= 0.3 is 0 Å². The molecule has 1 aliphatic heterocycles. The van der Waals surface area contributed by atoms with Crippen LogP contribution in [-0.4, -0.2) is 58.7 Å². The van der Waals surface area contributed by atoms with Crippen molar-refractivity contribution < 1.29 is 17.5 Å². The molecule has 0 atom stereocenters. The molecule has 194 valence electrons. The molecule has 5 rings (SSSR count). The maximum Gasteiger partial charge on any atom is 0.264 e. The topological polar surface area (TPSA) is 113 Å². The second kappa shape index (κ2) is 10.1. The molecule has 3 heterocycles. The standard InChI is InChI=1S/C26H29FN6O3S/c1-16(2)33-14-12-20(13-15-33)36-26-23-17(3)30-31-25(23)28-24(29-26)18-8-10-19(11-9-18)32-37(34,35)22-7-5-4-6-21(22)27/h4-11,16,20,32H,12-15H2,1-3H3,(H,28,29,30,31). The van der Waals surface area contributed by atoms with E-state index in [2.05, 4.69) is 38.7 Å². The maximum atomic E-state index is 14.0. The summed E-state index contributed by atoms with van der Waals surface area (Å²) in [5.74, 6) is 0.0840. The Kier molecular flexibility index (Phi) is 6.82. The Labute approximate surface area is 215 Å². The number of aromatic nitrogens is 4. The first-order valence-corrected chi connectivity index (χ1v) is 13.7. The summed E-state index contributed by atoms with van der Waals surface area (Å²) in [7, 11) is -4.07. The average Bonchev–Trinajstić information content (AvgIpc) is 3.25. The summed E-state index contributed by atoms with van der Waals surface area (Å²) in [6.45, 7) is 8.25. The minimum absolute atomic E-state index is 0.0467. The molecule has 2 N–H and O–H groups in total. The molecule has 1 aliphatic rings. The van der Waals surface area contributed by atoms with E-state index >= 15 is 0 Å². The van der Waals surface area contributed by atoms with Crippen molar-refractivity contribution in [3.05, 3.63) is 60.0 Å². The van der Waals surface area contributed by atoms with Crippen LogP contribution in [0.4, 0.5) is 10.1 Å². The van der Waals surface area contributed by atoms with Gasteiger partial charge in [0.15, 0.2) is 11.5 Å². The normalized spacial score (nSPS) is 15.4. The molecule has 1 saturated heterocycles. The van der Waals surface area contributed by atoms with Crippen LogP contribution in [0.25, 0.3) is 22.4 Å². The minimum Gasteiger partial charge on any atom is -0.474 e. The molecule has 2 aromatic carbocycles. The number of likely N-dealkylation sites (tertiary alicyclic amines) is 1. The summed E-state index contributed by atoms with van der Waals surface area (Å²) in [5, 5.41) is 8.03. The van der Waals surface area contributed by atoms with Crippen molar-refractivity contribution in [3.8, 4) is 17.3 Å². The van der Waals surface area contributed by atoms with Crippen LogP contribution in [0.15, 0.2) is 53.4 Å². The lowest BCUT2D eigenvalue weighted by Crippen LogP contribution is -2.41. The van der Waals surface area contributed by atoms with Crippen molar-refractivity contribution in [2.75, 3.05) is 17.8 Å². The Morgan fingerprint density at radius 1 is 1.08 bits per heavy atom. The molecule has 11 heteroatoms. The van der Waals surface area contributed by atoms with Crippen LogP contribution in [0, 0.1) is 12.7 Å². The largest absolute Gasteiger partial charge is 0.474 e. The Morgan fingerprint density at radius 3 is 2.46 bits per heavy atom. The van der Waals surface area contributed by atoms with Crippen molar-refractivity contribution in [3.63, 3.8) is 0 Å². The van der Waals surface area contributed by atoms with E-state index in [-0.39, 0.29) is 11.8 Å². The number of H-pyrrole nitrogens is 1. The van der Waals surface area contributed by atoms with Gasteiger partial charge in [0.1, 0.15) is 22.2 Å². The molecular formula is C26H29FN6O3S. The molecule has 0 unspecified atom stereocenters. The number of aromatic amines is 1. The molecule has 9 nitrogen and oxygen atoms in total. The third-order valence-electron chi connectivity index (χ3n) is 6.57. The highest BCUT2D eigenvalue weighted by atomic mass is 32.2. The van der Waals surface area contributed by atoms with Gasteiger partial charge in [-0.05, 0) is 70.0 Å². The number of halogens is 1. The number of hydrogen-bond donors (Lipinski definition) is 2. The second-order valence-electron chi connectivity index (χ2n) is 9.46. The monoisotopic (exact) mass is 524 g/mol. The number of hydrogen-bond acceptors (Lipinski definition) is 7. The number of ether oxygens (including phenoxy) is 1. The average molecular weight is 525 g/mol. The molecule has 4 aromatic rings. The van der Waals surface area contributed by atoms with Crippen molar-refractivity contribution in [2.24, 2.45) is 0 Å². The number of aryl methyl sites for hydroxylation is 1. The van der Waals surface area contributed by atoms with E-state index in [1.807, 2.05) is 6.92 Å². The first-order valence-electron chi connectivity index (χ1n) is 12.2. The van der Waals surface area contributed by atoms with Gasteiger partial charge in [-0.15, -0.1) is 0 Å². The molecule has 1 fully saturated rings. The highest BCUT2D eigenvalue weighted by Crippen LogP contribution is 2.31. The van der Waals surface area contributed by atoms with E-state index in [0.29, 0.717) is 29.0 Å². The number of rotatable bonds is 7. The molecule has 0 radical (unpaired) electrons. The quantitative estimate of drug-likeness (QED) is 0.365. The van der Waals surface area contributed by atoms with E-state index in [9.17, 15) is 12.8 Å². The van der Waals surface area contributed by atoms with E-state index in [1.54, 1.807) is 24.3 Å². The van der Waals surface area contributed by atoms with Crippen molar-refractivity contribution in [1.82, 2.24) is 25.1 Å². The van der Waals surface area contributed by atoms with Crippen LogP contribution in [-0.2, 0) is 10.0 Å². The highest BCUT2D eigenvalue weighted by Gasteiger charge is 2.25. The van der Waals surface area contributed by atoms with Gasteiger partial charge in [-0.2, -0.15) is 10.1 Å². The molecule has 0 saturated carbocycles. The fraction of sp³-hybridized carbons (Fsp3) is 0.346. The lowest BCUT2D eigenvalue weighted by atomic mass is 10.1. The van der Waals surface area contributed by atoms with Gasteiger partial charge in [-0.25, -0.2) is 17.8 Å². The summed E-state index contributed by atoms with van der Waals surface area (Å²) in [6, 6.07) is 12.3. The van der Waals surface area contributed by atoms with Crippen LogP contribution in [0.3, 0.4) is 0 Å². The third-order valence-corrected chi connectivity index (χ3v) is 7.98. The predicted octanol–water partition coefficient (Wildman–Crippen LogP) is 4.52. The highest BCUT2D eigenvalue weighted by molar-refractivity contribution is 7.92. The number of fused-ring (bicyclic) bond motifs is 1. The predicted molar refractivity (Wildman–Crippen MR) is 139 cm³/mol. The minimum atomic E-state index is -4.07.